The SMILES string of the molecule is Cc1nc(N)n(C)c1-c1ccc(C(C)C)cc1. The fourth-order valence-corrected chi connectivity index (χ4v) is 2.09. The first-order valence-electron chi connectivity index (χ1n) is 5.90. The Labute approximate surface area is 102 Å². The molecule has 3 nitrogen and oxygen atoms in total. The number of hydrogen-bond acceptors (Lipinski definition) is 2. The molecule has 0 bridgehead atoms. The van der Waals surface area contributed by atoms with E-state index in [0.717, 1.165) is 11.4 Å². The average Bonchev–Trinajstić information content (AvgIpc) is 2.53. The quantitative estimate of drug-likeness (QED) is 0.860. The predicted octanol–water partition coefficient (Wildman–Crippen LogP) is 3.10. The van der Waals surface area contributed by atoms with Crippen LogP contribution in [0, 0.1) is 6.92 Å². The summed E-state index contributed by atoms with van der Waals surface area (Å²) in [4.78, 5) is 4.29. The monoisotopic (exact) mass is 229 g/mol. The van der Waals surface area contributed by atoms with E-state index >= 15 is 0 Å². The summed E-state index contributed by atoms with van der Waals surface area (Å²) in [7, 11) is 1.95. The van der Waals surface area contributed by atoms with Gasteiger partial charge in [-0.05, 0) is 18.4 Å². The average molecular weight is 229 g/mol. The molecule has 0 aliphatic carbocycles. The van der Waals surface area contributed by atoms with Crippen molar-refractivity contribution in [1.29, 1.82) is 0 Å². The molecule has 17 heavy (non-hydrogen) atoms. The molecule has 0 aliphatic heterocycles. The highest BCUT2D eigenvalue weighted by molar-refractivity contribution is 5.65. The van der Waals surface area contributed by atoms with E-state index in [2.05, 4.69) is 43.1 Å². The maximum Gasteiger partial charge on any atom is 0.200 e. The van der Waals surface area contributed by atoms with Gasteiger partial charge in [-0.15, -0.1) is 0 Å². The van der Waals surface area contributed by atoms with Crippen LogP contribution in [-0.4, -0.2) is 9.55 Å². The number of aromatic nitrogens is 2. The van der Waals surface area contributed by atoms with E-state index in [1.807, 2.05) is 18.5 Å². The van der Waals surface area contributed by atoms with Crippen LogP contribution in [-0.2, 0) is 7.05 Å². The molecule has 0 spiro atoms. The number of anilines is 1. The van der Waals surface area contributed by atoms with E-state index in [1.54, 1.807) is 0 Å². The van der Waals surface area contributed by atoms with Crippen LogP contribution in [0.5, 0.6) is 0 Å². The summed E-state index contributed by atoms with van der Waals surface area (Å²) in [6.45, 7) is 6.38. The van der Waals surface area contributed by atoms with Gasteiger partial charge in [0.15, 0.2) is 0 Å². The van der Waals surface area contributed by atoms with Gasteiger partial charge in [-0.1, -0.05) is 38.1 Å². The predicted molar refractivity (Wildman–Crippen MR) is 71.9 cm³/mol. The summed E-state index contributed by atoms with van der Waals surface area (Å²) in [5.41, 5.74) is 10.4. The van der Waals surface area contributed by atoms with Gasteiger partial charge in [-0.25, -0.2) is 4.98 Å². The Bertz CT molecular complexity index is 521. The number of rotatable bonds is 2. The topological polar surface area (TPSA) is 43.8 Å². The standard InChI is InChI=1S/C14H19N3/c1-9(2)11-5-7-12(8-6-11)13-10(3)16-14(15)17(13)4/h5-9H,1-4H3,(H2,15,16). The highest BCUT2D eigenvalue weighted by Crippen LogP contribution is 2.26. The summed E-state index contributed by atoms with van der Waals surface area (Å²) in [6.07, 6.45) is 0. The van der Waals surface area contributed by atoms with Crippen molar-refractivity contribution in [3.05, 3.63) is 35.5 Å². The lowest BCUT2D eigenvalue weighted by Gasteiger charge is -2.08. The Balaban J connectivity index is 2.47. The van der Waals surface area contributed by atoms with Gasteiger partial charge < -0.3 is 10.3 Å². The van der Waals surface area contributed by atoms with Gasteiger partial charge in [-0.2, -0.15) is 0 Å². The summed E-state index contributed by atoms with van der Waals surface area (Å²) in [5.74, 6) is 1.12. The second kappa shape index (κ2) is 4.24. The molecule has 1 aromatic carbocycles. The largest absolute Gasteiger partial charge is 0.369 e. The lowest BCUT2D eigenvalue weighted by molar-refractivity contribution is 0.866. The molecular weight excluding hydrogens is 210 g/mol. The van der Waals surface area contributed by atoms with Crippen molar-refractivity contribution in [2.24, 2.45) is 7.05 Å². The lowest BCUT2D eigenvalue weighted by atomic mass is 10.0. The summed E-state index contributed by atoms with van der Waals surface area (Å²) in [5, 5.41) is 0. The molecule has 1 aromatic heterocycles. The van der Waals surface area contributed by atoms with Crippen LogP contribution in [0.15, 0.2) is 24.3 Å². The van der Waals surface area contributed by atoms with Gasteiger partial charge in [0.25, 0.3) is 0 Å². The van der Waals surface area contributed by atoms with Gasteiger partial charge in [-0.3, -0.25) is 0 Å². The van der Waals surface area contributed by atoms with Crippen LogP contribution in [0.2, 0.25) is 0 Å². The Hall–Kier alpha value is -1.77. The second-order valence-corrected chi connectivity index (χ2v) is 4.74. The fraction of sp³-hybridized carbons (Fsp3) is 0.357. The molecule has 0 aliphatic rings. The number of benzene rings is 1. The number of nitrogens with two attached hydrogens (primary N) is 1. The minimum absolute atomic E-state index is 0.557. The molecule has 0 atom stereocenters. The third kappa shape index (κ3) is 2.05. The van der Waals surface area contributed by atoms with Crippen molar-refractivity contribution < 1.29 is 0 Å². The Morgan fingerprint density at radius 3 is 2.18 bits per heavy atom. The highest BCUT2D eigenvalue weighted by atomic mass is 15.1. The van der Waals surface area contributed by atoms with E-state index in [1.165, 1.54) is 11.1 Å². The Morgan fingerprint density at radius 2 is 1.76 bits per heavy atom. The molecule has 3 heteroatoms. The first kappa shape index (κ1) is 11.7. The van der Waals surface area contributed by atoms with E-state index in [4.69, 9.17) is 5.73 Å². The number of imidazole rings is 1. The fourth-order valence-electron chi connectivity index (χ4n) is 2.09. The van der Waals surface area contributed by atoms with Crippen LogP contribution in [0.25, 0.3) is 11.3 Å². The molecule has 90 valence electrons. The number of nitrogens with zero attached hydrogens (tertiary/aromatic N) is 2. The molecular formula is C14H19N3. The maximum atomic E-state index is 5.81. The van der Waals surface area contributed by atoms with Gasteiger partial charge in [0, 0.05) is 12.6 Å². The smallest absolute Gasteiger partial charge is 0.200 e. The van der Waals surface area contributed by atoms with Crippen molar-refractivity contribution >= 4 is 5.95 Å². The maximum absolute atomic E-state index is 5.81. The molecule has 0 fully saturated rings. The summed E-state index contributed by atoms with van der Waals surface area (Å²) < 4.78 is 1.93. The highest BCUT2D eigenvalue weighted by Gasteiger charge is 2.11. The van der Waals surface area contributed by atoms with Crippen molar-refractivity contribution in [1.82, 2.24) is 9.55 Å². The van der Waals surface area contributed by atoms with E-state index in [-0.39, 0.29) is 0 Å². The van der Waals surface area contributed by atoms with Crippen LogP contribution < -0.4 is 5.73 Å². The zero-order chi connectivity index (χ0) is 12.6. The molecule has 0 radical (unpaired) electrons. The van der Waals surface area contributed by atoms with Crippen LogP contribution in [0.1, 0.15) is 31.0 Å². The van der Waals surface area contributed by atoms with Gasteiger partial charge in [0.1, 0.15) is 0 Å². The lowest BCUT2D eigenvalue weighted by Crippen LogP contribution is -1.98. The van der Waals surface area contributed by atoms with Crippen LogP contribution >= 0.6 is 0 Å². The van der Waals surface area contributed by atoms with Crippen molar-refractivity contribution in [3.63, 3.8) is 0 Å². The number of nitrogen functional groups attached to an aromatic ring is 1. The zero-order valence-corrected chi connectivity index (χ0v) is 10.9. The van der Waals surface area contributed by atoms with E-state index in [0.29, 0.717) is 11.9 Å². The van der Waals surface area contributed by atoms with E-state index < -0.39 is 0 Å². The molecule has 2 aromatic rings. The van der Waals surface area contributed by atoms with Crippen LogP contribution in [0.3, 0.4) is 0 Å². The first-order valence-corrected chi connectivity index (χ1v) is 5.90. The molecule has 2 rings (SSSR count). The molecule has 1 heterocycles. The van der Waals surface area contributed by atoms with Crippen LogP contribution in [0.4, 0.5) is 5.95 Å². The third-order valence-corrected chi connectivity index (χ3v) is 3.15. The minimum Gasteiger partial charge on any atom is -0.369 e. The van der Waals surface area contributed by atoms with E-state index in [9.17, 15) is 0 Å². The van der Waals surface area contributed by atoms with Crippen molar-refractivity contribution in [2.45, 2.75) is 26.7 Å². The summed E-state index contributed by atoms with van der Waals surface area (Å²) >= 11 is 0. The molecule has 0 saturated carbocycles. The molecule has 0 saturated heterocycles. The minimum atomic E-state index is 0.557. The summed E-state index contributed by atoms with van der Waals surface area (Å²) in [6, 6.07) is 8.61. The molecule has 0 amide bonds. The normalized spacial score (nSPS) is 11.1. The zero-order valence-electron chi connectivity index (χ0n) is 10.9. The van der Waals surface area contributed by atoms with Crippen molar-refractivity contribution in [3.8, 4) is 11.3 Å². The third-order valence-electron chi connectivity index (χ3n) is 3.15. The van der Waals surface area contributed by atoms with Gasteiger partial charge in [0.2, 0.25) is 5.95 Å². The number of hydrogen-bond donors (Lipinski definition) is 1. The molecule has 2 N–H and O–H groups in total. The van der Waals surface area contributed by atoms with Gasteiger partial charge in [0.05, 0.1) is 11.4 Å². The second-order valence-electron chi connectivity index (χ2n) is 4.74. The molecule has 0 unspecified atom stereocenters. The first-order chi connectivity index (χ1) is 8.00. The van der Waals surface area contributed by atoms with Crippen molar-refractivity contribution in [2.75, 3.05) is 5.73 Å². The van der Waals surface area contributed by atoms with Gasteiger partial charge >= 0.3 is 0 Å². The number of aryl methyl sites for hydroxylation is 1. The Morgan fingerprint density at radius 1 is 1.18 bits per heavy atom. The Kier molecular flexibility index (Phi) is 2.92.